The van der Waals surface area contributed by atoms with Crippen molar-refractivity contribution >= 4 is 7.82 Å². The molecular weight excluding hydrogens is 650 g/mol. The Bertz CT molecular complexity index is 884. The van der Waals surface area contributed by atoms with Crippen molar-refractivity contribution in [2.45, 2.75) is 78.9 Å². The van der Waals surface area contributed by atoms with E-state index in [0.29, 0.717) is 0 Å². The monoisotopic (exact) mass is 658 g/mol. The maximum atomic E-state index is 14.6. The summed E-state index contributed by atoms with van der Waals surface area (Å²) in [6.07, 6.45) is -28.4. The molecule has 0 aliphatic carbocycles. The van der Waals surface area contributed by atoms with Gasteiger partial charge in [-0.2, -0.15) is 57.1 Å². The molecule has 0 heterocycles. The van der Waals surface area contributed by atoms with Crippen LogP contribution in [0.1, 0.15) is 12.8 Å². The average Bonchev–Trinajstić information content (AvgIpc) is 2.63. The van der Waals surface area contributed by atoms with Crippen LogP contribution in [0.2, 0.25) is 0 Å². The second kappa shape index (κ2) is 10.2. The summed E-state index contributed by atoms with van der Waals surface area (Å²) < 4.78 is 291. The van der Waals surface area contributed by atoms with Crippen molar-refractivity contribution in [2.75, 3.05) is 0 Å². The van der Waals surface area contributed by atoms with E-state index >= 15 is 0 Å². The SMILES string of the molecule is O=P(O)(O)OC(CC(F)(F)C(F)F)(CC(F)(F)C(F)F)C(F)(F)C(F)(F)C(F)(F)C(F)(F)C(F)(F)C(F)(F)F. The number of halogens is 21. The molecule has 0 aliphatic heterocycles. The molecule has 0 aromatic carbocycles. The largest absolute Gasteiger partial charge is 0.470 e. The highest BCUT2D eigenvalue weighted by atomic mass is 31.2. The Morgan fingerprint density at radius 2 is 0.769 bits per heavy atom. The molecule has 0 rings (SSSR count). The van der Waals surface area contributed by atoms with Crippen LogP contribution in [0.25, 0.3) is 0 Å². The van der Waals surface area contributed by atoms with Gasteiger partial charge in [-0.05, 0) is 0 Å². The summed E-state index contributed by atoms with van der Waals surface area (Å²) in [5.74, 6) is -57.2. The maximum absolute atomic E-state index is 14.6. The molecule has 0 amide bonds. The van der Waals surface area contributed by atoms with Gasteiger partial charge in [0.05, 0.1) is 12.8 Å². The summed E-state index contributed by atoms with van der Waals surface area (Å²) in [6, 6.07) is 0. The topological polar surface area (TPSA) is 66.8 Å². The Morgan fingerprint density at radius 3 is 1.00 bits per heavy atom. The first-order valence-corrected chi connectivity index (χ1v) is 10.1. The maximum Gasteiger partial charge on any atom is 0.470 e. The van der Waals surface area contributed by atoms with Crippen molar-refractivity contribution in [2.24, 2.45) is 0 Å². The molecule has 0 bridgehead atoms. The second-order valence-corrected chi connectivity index (χ2v) is 8.59. The van der Waals surface area contributed by atoms with E-state index in [0.717, 1.165) is 0 Å². The molecule has 0 fully saturated rings. The molecule has 0 saturated carbocycles. The van der Waals surface area contributed by atoms with E-state index in [1.54, 1.807) is 0 Å². The number of alkyl halides is 21. The molecule has 0 spiro atoms. The zero-order valence-electron chi connectivity index (χ0n) is 17.2. The minimum atomic E-state index is -9.01. The van der Waals surface area contributed by atoms with Crippen LogP contribution in [-0.2, 0) is 9.09 Å². The number of hydrogen-bond donors (Lipinski definition) is 2. The highest BCUT2D eigenvalue weighted by Gasteiger charge is 2.93. The van der Waals surface area contributed by atoms with Crippen LogP contribution in [0.15, 0.2) is 0 Å². The van der Waals surface area contributed by atoms with E-state index in [9.17, 15) is 96.8 Å². The fraction of sp³-hybridized carbons (Fsp3) is 1.00. The predicted molar refractivity (Wildman–Crippen MR) is 77.8 cm³/mol. The Labute approximate surface area is 199 Å². The zero-order valence-corrected chi connectivity index (χ0v) is 18.1. The van der Waals surface area contributed by atoms with Crippen molar-refractivity contribution in [3.8, 4) is 0 Å². The van der Waals surface area contributed by atoms with Crippen LogP contribution in [0, 0.1) is 0 Å². The highest BCUT2D eigenvalue weighted by Crippen LogP contribution is 2.66. The summed E-state index contributed by atoms with van der Waals surface area (Å²) in [6.45, 7) is 0. The quantitative estimate of drug-likeness (QED) is 0.163. The Kier molecular flexibility index (Phi) is 9.82. The zero-order chi connectivity index (χ0) is 32.3. The Hall–Kier alpha value is -1.36. The molecule has 0 aromatic heterocycles. The van der Waals surface area contributed by atoms with Gasteiger partial charge in [-0.1, -0.05) is 0 Å². The van der Waals surface area contributed by atoms with E-state index in [4.69, 9.17) is 9.79 Å². The van der Waals surface area contributed by atoms with Gasteiger partial charge >= 0.3 is 68.3 Å². The number of hydrogen-bond acceptors (Lipinski definition) is 2. The number of rotatable bonds is 13. The van der Waals surface area contributed by atoms with Crippen LogP contribution in [0.5, 0.6) is 0 Å². The average molecular weight is 658 g/mol. The molecule has 2 N–H and O–H groups in total. The summed E-state index contributed by atoms with van der Waals surface area (Å²) >= 11 is 0. The first-order chi connectivity index (χ1) is 16.5. The van der Waals surface area contributed by atoms with Gasteiger partial charge in [-0.15, -0.1) is 0 Å². The van der Waals surface area contributed by atoms with Gasteiger partial charge in [0, 0.05) is 0 Å². The molecule has 0 aliphatic rings. The first-order valence-electron chi connectivity index (χ1n) is 8.55. The summed E-state index contributed by atoms with van der Waals surface area (Å²) in [5.41, 5.74) is -6.97. The van der Waals surface area contributed by atoms with Gasteiger partial charge in [0.15, 0.2) is 5.60 Å². The molecule has 4 nitrogen and oxygen atoms in total. The first kappa shape index (κ1) is 37.6. The van der Waals surface area contributed by atoms with Crippen LogP contribution in [0.3, 0.4) is 0 Å². The lowest BCUT2D eigenvalue weighted by atomic mass is 9.77. The lowest BCUT2D eigenvalue weighted by Crippen LogP contribution is -2.75. The van der Waals surface area contributed by atoms with Crippen molar-refractivity contribution in [3.63, 3.8) is 0 Å². The lowest BCUT2D eigenvalue weighted by molar-refractivity contribution is -0.451. The number of phosphoric acid groups is 1. The molecule has 26 heteroatoms. The fourth-order valence-corrected chi connectivity index (χ4v) is 3.30. The molecular formula is C13H8F21O4P. The van der Waals surface area contributed by atoms with Crippen LogP contribution in [-0.4, -0.2) is 75.9 Å². The third-order valence-electron chi connectivity index (χ3n) is 4.48. The Morgan fingerprint density at radius 1 is 0.513 bits per heavy atom. The van der Waals surface area contributed by atoms with Crippen molar-refractivity contribution in [1.82, 2.24) is 0 Å². The van der Waals surface area contributed by atoms with Gasteiger partial charge < -0.3 is 9.79 Å². The lowest BCUT2D eigenvalue weighted by Gasteiger charge is -2.48. The van der Waals surface area contributed by atoms with Gasteiger partial charge in [0.1, 0.15) is 0 Å². The van der Waals surface area contributed by atoms with E-state index in [1.807, 2.05) is 0 Å². The van der Waals surface area contributed by atoms with Gasteiger partial charge in [0.25, 0.3) is 0 Å². The van der Waals surface area contributed by atoms with Crippen LogP contribution in [0.4, 0.5) is 92.2 Å². The second-order valence-electron chi connectivity index (χ2n) is 7.42. The fourth-order valence-electron chi connectivity index (χ4n) is 2.61. The van der Waals surface area contributed by atoms with E-state index in [2.05, 4.69) is 4.52 Å². The molecule has 0 atom stereocenters. The molecule has 0 unspecified atom stereocenters. The summed E-state index contributed by atoms with van der Waals surface area (Å²) in [7, 11) is -7.57. The smallest absolute Gasteiger partial charge is 0.303 e. The number of phosphoric ester groups is 1. The van der Waals surface area contributed by atoms with Gasteiger partial charge in [0.2, 0.25) is 0 Å². The minimum Gasteiger partial charge on any atom is -0.303 e. The van der Waals surface area contributed by atoms with Gasteiger partial charge in [-0.25, -0.2) is 39.7 Å². The van der Waals surface area contributed by atoms with Crippen molar-refractivity contribution in [3.05, 3.63) is 0 Å². The Balaban J connectivity index is 7.82. The third-order valence-corrected chi connectivity index (χ3v) is 5.07. The van der Waals surface area contributed by atoms with E-state index in [1.165, 1.54) is 0 Å². The summed E-state index contributed by atoms with van der Waals surface area (Å²) in [5, 5.41) is 0. The molecule has 0 radical (unpaired) electrons. The molecule has 0 aromatic rings. The highest BCUT2D eigenvalue weighted by molar-refractivity contribution is 7.46. The van der Waals surface area contributed by atoms with E-state index < -0.39 is 86.8 Å². The predicted octanol–water partition coefficient (Wildman–Crippen LogP) is 7.15. The molecule has 236 valence electrons. The van der Waals surface area contributed by atoms with Gasteiger partial charge in [-0.3, -0.25) is 4.52 Å². The normalized spacial score (nSPS) is 16.4. The van der Waals surface area contributed by atoms with Crippen LogP contribution >= 0.6 is 7.82 Å². The summed E-state index contributed by atoms with van der Waals surface area (Å²) in [4.78, 5) is 17.0. The third kappa shape index (κ3) is 6.44. The molecule has 0 saturated heterocycles. The van der Waals surface area contributed by atoms with E-state index in [-0.39, 0.29) is 0 Å². The van der Waals surface area contributed by atoms with Crippen molar-refractivity contribution in [1.29, 1.82) is 0 Å². The van der Waals surface area contributed by atoms with Crippen molar-refractivity contribution < 1.29 is 111 Å². The molecule has 39 heavy (non-hydrogen) atoms. The standard InChI is InChI=1S/C13H8F21O4P/c14-3(15)6(18,19)1-5(38-39(35,36)37,2-7(20,21)4(16)17)8(22,23)9(24,25)10(26,27)11(28,29)12(30,31)13(32,33)34/h3-4H,1-2H2,(H2,35,36,37). The van der Waals surface area contributed by atoms with Crippen LogP contribution < -0.4 is 0 Å². The minimum absolute atomic E-state index is 2.43.